The lowest BCUT2D eigenvalue weighted by molar-refractivity contribution is -0.116. The molecular weight excluding hydrogens is 228 g/mol. The number of nitrogens with one attached hydrogen (secondary N) is 1. The average molecular weight is 242 g/mol. The lowest BCUT2D eigenvalue weighted by atomic mass is 10.1. The molecule has 0 atom stereocenters. The number of aliphatic hydroxyl groups excluding tert-OH is 1. The Balaban J connectivity index is 2.21. The lowest BCUT2D eigenvalue weighted by Gasteiger charge is -2.01. The number of fused-ring (bicyclic) bond motifs is 1. The van der Waals surface area contributed by atoms with Gasteiger partial charge in [0.25, 0.3) is 0 Å². The summed E-state index contributed by atoms with van der Waals surface area (Å²) >= 11 is 0. The number of amides is 1. The molecule has 92 valence electrons. The van der Waals surface area contributed by atoms with E-state index in [0.717, 1.165) is 16.5 Å². The molecule has 18 heavy (non-hydrogen) atoms. The van der Waals surface area contributed by atoms with Crippen molar-refractivity contribution >= 4 is 22.9 Å². The van der Waals surface area contributed by atoms with Gasteiger partial charge in [0, 0.05) is 29.8 Å². The summed E-state index contributed by atoms with van der Waals surface area (Å²) < 4.78 is 0. The summed E-state index contributed by atoms with van der Waals surface area (Å²) in [7, 11) is 0. The van der Waals surface area contributed by atoms with Gasteiger partial charge in [-0.15, -0.1) is 0 Å². The van der Waals surface area contributed by atoms with Gasteiger partial charge in [-0.3, -0.25) is 9.78 Å². The summed E-state index contributed by atoms with van der Waals surface area (Å²) in [6, 6.07) is 9.67. The molecule has 0 radical (unpaired) electrons. The molecule has 0 spiro atoms. The molecule has 0 saturated carbocycles. The zero-order valence-electron chi connectivity index (χ0n) is 9.84. The molecule has 4 nitrogen and oxygen atoms in total. The van der Waals surface area contributed by atoms with Crippen LogP contribution in [0.2, 0.25) is 0 Å². The Hall–Kier alpha value is -2.20. The summed E-state index contributed by atoms with van der Waals surface area (Å²) in [5.74, 6) is -0.225. The highest BCUT2D eigenvalue weighted by Crippen LogP contribution is 2.16. The second kappa shape index (κ2) is 5.93. The van der Waals surface area contributed by atoms with Gasteiger partial charge in [0.15, 0.2) is 0 Å². The van der Waals surface area contributed by atoms with Crippen LogP contribution in [0.5, 0.6) is 0 Å². The summed E-state index contributed by atoms with van der Waals surface area (Å²) in [5, 5.41) is 12.2. The van der Waals surface area contributed by atoms with Crippen molar-refractivity contribution in [3.05, 3.63) is 48.2 Å². The molecule has 0 bridgehead atoms. The fraction of sp³-hybridized carbons (Fsp3) is 0.143. The van der Waals surface area contributed by atoms with Crippen molar-refractivity contribution in [3.8, 4) is 0 Å². The summed E-state index contributed by atoms with van der Waals surface area (Å²) in [5.41, 5.74) is 1.76. The first-order valence-electron chi connectivity index (χ1n) is 5.72. The largest absolute Gasteiger partial charge is 0.395 e. The third-order valence-corrected chi connectivity index (χ3v) is 2.49. The van der Waals surface area contributed by atoms with E-state index in [4.69, 9.17) is 5.11 Å². The molecule has 0 aliphatic carbocycles. The molecule has 1 heterocycles. The number of aliphatic hydroxyl groups is 1. The van der Waals surface area contributed by atoms with Crippen LogP contribution in [0.4, 0.5) is 0 Å². The van der Waals surface area contributed by atoms with Gasteiger partial charge in [0.2, 0.25) is 5.91 Å². The number of pyridine rings is 1. The van der Waals surface area contributed by atoms with Crippen LogP contribution >= 0.6 is 0 Å². The van der Waals surface area contributed by atoms with E-state index in [2.05, 4.69) is 10.3 Å². The summed E-state index contributed by atoms with van der Waals surface area (Å²) in [6.07, 6.45) is 4.90. The molecule has 1 aromatic carbocycles. The molecule has 2 N–H and O–H groups in total. The molecule has 1 amide bonds. The van der Waals surface area contributed by atoms with Crippen LogP contribution in [0.15, 0.2) is 42.6 Å². The smallest absolute Gasteiger partial charge is 0.244 e. The Kier molecular flexibility index (Phi) is 4.04. The van der Waals surface area contributed by atoms with Gasteiger partial charge in [-0.2, -0.15) is 0 Å². The molecule has 0 aliphatic rings. The lowest BCUT2D eigenvalue weighted by Crippen LogP contribution is -2.24. The predicted molar refractivity (Wildman–Crippen MR) is 70.9 cm³/mol. The molecule has 2 aromatic rings. The zero-order chi connectivity index (χ0) is 12.8. The van der Waals surface area contributed by atoms with Gasteiger partial charge >= 0.3 is 0 Å². The highest BCUT2D eigenvalue weighted by Gasteiger charge is 1.99. The summed E-state index contributed by atoms with van der Waals surface area (Å²) in [4.78, 5) is 15.7. The Labute approximate surface area is 105 Å². The molecule has 1 aromatic heterocycles. The number of aromatic nitrogens is 1. The second-order valence-electron chi connectivity index (χ2n) is 3.77. The van der Waals surface area contributed by atoms with E-state index in [9.17, 15) is 4.79 Å². The highest BCUT2D eigenvalue weighted by atomic mass is 16.3. The maximum Gasteiger partial charge on any atom is 0.244 e. The van der Waals surface area contributed by atoms with E-state index in [1.807, 2.05) is 30.3 Å². The molecule has 4 heteroatoms. The Morgan fingerprint density at radius 3 is 3.00 bits per heavy atom. The minimum Gasteiger partial charge on any atom is -0.395 e. The first-order valence-corrected chi connectivity index (χ1v) is 5.72. The number of carbonyl (C=O) groups excluding carboxylic acids is 1. The van der Waals surface area contributed by atoms with Crippen molar-refractivity contribution in [1.29, 1.82) is 0 Å². The number of nitrogens with zero attached hydrogens (tertiary/aromatic N) is 1. The minimum atomic E-state index is -0.225. The molecule has 0 fully saturated rings. The Bertz CT molecular complexity index is 574. The van der Waals surface area contributed by atoms with Crippen LogP contribution in [0.3, 0.4) is 0 Å². The van der Waals surface area contributed by atoms with Crippen LogP contribution in [0.25, 0.3) is 17.0 Å². The number of hydrogen-bond donors (Lipinski definition) is 2. The number of para-hydroxylation sites is 1. The van der Waals surface area contributed by atoms with Crippen molar-refractivity contribution < 1.29 is 9.90 Å². The third-order valence-electron chi connectivity index (χ3n) is 2.49. The van der Waals surface area contributed by atoms with Crippen molar-refractivity contribution in [2.45, 2.75) is 0 Å². The van der Waals surface area contributed by atoms with Gasteiger partial charge in [-0.25, -0.2) is 0 Å². The maximum atomic E-state index is 11.4. The first-order chi connectivity index (χ1) is 8.81. The van der Waals surface area contributed by atoms with Gasteiger partial charge in [-0.1, -0.05) is 24.3 Å². The van der Waals surface area contributed by atoms with E-state index in [0.29, 0.717) is 0 Å². The number of carbonyl (C=O) groups is 1. The maximum absolute atomic E-state index is 11.4. The monoisotopic (exact) mass is 242 g/mol. The standard InChI is InChI=1S/C14H14N2O2/c17-10-9-15-13(18)7-6-12-4-1-3-11-5-2-8-16-14(11)12/h1-8,17H,9-10H2,(H,15,18)/b7-6+. The minimum absolute atomic E-state index is 0.0601. The Morgan fingerprint density at radius 1 is 1.33 bits per heavy atom. The molecule has 0 saturated heterocycles. The zero-order valence-corrected chi connectivity index (χ0v) is 9.84. The quantitative estimate of drug-likeness (QED) is 0.796. The van der Waals surface area contributed by atoms with Crippen molar-refractivity contribution in [3.63, 3.8) is 0 Å². The fourth-order valence-corrected chi connectivity index (χ4v) is 1.67. The number of hydrogen-bond acceptors (Lipinski definition) is 3. The van der Waals surface area contributed by atoms with E-state index in [1.165, 1.54) is 6.08 Å². The number of rotatable bonds is 4. The van der Waals surface area contributed by atoms with Gasteiger partial charge in [-0.05, 0) is 12.1 Å². The molecular formula is C14H14N2O2. The van der Waals surface area contributed by atoms with Crippen LogP contribution in [0, 0.1) is 0 Å². The summed E-state index contributed by atoms with van der Waals surface area (Å²) in [6.45, 7) is 0.201. The topological polar surface area (TPSA) is 62.2 Å². The van der Waals surface area contributed by atoms with Crippen molar-refractivity contribution in [2.24, 2.45) is 0 Å². The van der Waals surface area contributed by atoms with E-state index < -0.39 is 0 Å². The van der Waals surface area contributed by atoms with E-state index in [-0.39, 0.29) is 19.1 Å². The van der Waals surface area contributed by atoms with Gasteiger partial charge < -0.3 is 10.4 Å². The SMILES string of the molecule is O=C(/C=C/c1cccc2cccnc12)NCCO. The van der Waals surface area contributed by atoms with E-state index in [1.54, 1.807) is 12.3 Å². The van der Waals surface area contributed by atoms with Crippen molar-refractivity contribution in [2.75, 3.05) is 13.2 Å². The van der Waals surface area contributed by atoms with Gasteiger partial charge in [0.05, 0.1) is 12.1 Å². The highest BCUT2D eigenvalue weighted by molar-refractivity contribution is 5.95. The second-order valence-corrected chi connectivity index (χ2v) is 3.77. The molecule has 0 unspecified atom stereocenters. The average Bonchev–Trinajstić information content (AvgIpc) is 2.42. The molecule has 2 rings (SSSR count). The fourth-order valence-electron chi connectivity index (χ4n) is 1.67. The molecule has 0 aliphatic heterocycles. The van der Waals surface area contributed by atoms with Crippen LogP contribution in [-0.4, -0.2) is 29.1 Å². The number of benzene rings is 1. The van der Waals surface area contributed by atoms with Crippen LogP contribution < -0.4 is 5.32 Å². The van der Waals surface area contributed by atoms with Crippen LogP contribution in [-0.2, 0) is 4.79 Å². The normalized spacial score (nSPS) is 10.9. The first kappa shape index (κ1) is 12.3. The Morgan fingerprint density at radius 2 is 2.17 bits per heavy atom. The third kappa shape index (κ3) is 2.93. The van der Waals surface area contributed by atoms with Gasteiger partial charge in [0.1, 0.15) is 0 Å². The predicted octanol–water partition coefficient (Wildman–Crippen LogP) is 1.36. The van der Waals surface area contributed by atoms with Crippen LogP contribution in [0.1, 0.15) is 5.56 Å². The van der Waals surface area contributed by atoms with Crippen molar-refractivity contribution in [1.82, 2.24) is 10.3 Å². The van der Waals surface area contributed by atoms with E-state index >= 15 is 0 Å².